The Kier molecular flexibility index (Phi) is 8.92. The van der Waals surface area contributed by atoms with Crippen LogP contribution >= 0.6 is 0 Å². The number of aliphatic carboxylic acids is 2. The van der Waals surface area contributed by atoms with Gasteiger partial charge in [0.15, 0.2) is 0 Å². The largest absolute Gasteiger partial charge is 0.478 e. The van der Waals surface area contributed by atoms with Crippen molar-refractivity contribution >= 4 is 28.8 Å². The molecule has 1 aliphatic heterocycles. The molecule has 2 aromatic rings. The number of carbonyl (C=O) groups excluding carboxylic acids is 1. The molecule has 8 heteroatoms. The van der Waals surface area contributed by atoms with E-state index in [4.69, 9.17) is 14.9 Å². The van der Waals surface area contributed by atoms with Crippen molar-refractivity contribution in [2.45, 2.75) is 76.8 Å². The lowest BCUT2D eigenvalue weighted by Gasteiger charge is -2.45. The van der Waals surface area contributed by atoms with Crippen LogP contribution in [-0.2, 0) is 25.5 Å². The lowest BCUT2D eigenvalue weighted by Crippen LogP contribution is -2.48. The zero-order valence-electron chi connectivity index (χ0n) is 22.6. The van der Waals surface area contributed by atoms with Crippen molar-refractivity contribution in [1.29, 1.82) is 0 Å². The minimum atomic E-state index is -1.26. The van der Waals surface area contributed by atoms with Gasteiger partial charge < -0.3 is 24.4 Å². The van der Waals surface area contributed by atoms with Gasteiger partial charge in [0.25, 0.3) is 0 Å². The summed E-state index contributed by atoms with van der Waals surface area (Å²) in [5, 5.41) is 17.1. The van der Waals surface area contributed by atoms with Gasteiger partial charge in [0.2, 0.25) is 0 Å². The first-order valence-corrected chi connectivity index (χ1v) is 13.8. The molecular formula is C30H40N2O6. The number of piperidine rings is 1. The van der Waals surface area contributed by atoms with Crippen molar-refractivity contribution in [3.05, 3.63) is 47.7 Å². The molecule has 206 valence electrons. The van der Waals surface area contributed by atoms with E-state index in [2.05, 4.69) is 54.8 Å². The number of aromatic nitrogens is 1. The minimum absolute atomic E-state index is 0.0570. The van der Waals surface area contributed by atoms with E-state index in [1.807, 2.05) is 0 Å². The standard InChI is InChI=1S/C26H36N2O2.C4H4O4/c1-17(2)28-15-20-13-24-22(21-10-7-11-23(28)25(20)21)12-18(14-27(24)3)16-30-26(29)19-8-5-4-6-9-19;5-3(6)1-2-4(7)8/h7,10-11,15,17-19,22,24H,4-6,8-9,12-14,16H2,1-3H3;1-2H,(H,5,6)(H,7,8)/b;2-1-/t18-,22-,24-;/m1./s1. The van der Waals surface area contributed by atoms with Crippen LogP contribution in [-0.4, -0.2) is 63.8 Å². The van der Waals surface area contributed by atoms with Crippen LogP contribution in [0, 0.1) is 11.8 Å². The zero-order chi connectivity index (χ0) is 27.4. The monoisotopic (exact) mass is 524 g/mol. The van der Waals surface area contributed by atoms with Crippen molar-refractivity contribution in [1.82, 2.24) is 9.47 Å². The highest BCUT2D eigenvalue weighted by Crippen LogP contribution is 2.45. The van der Waals surface area contributed by atoms with Crippen LogP contribution < -0.4 is 0 Å². The van der Waals surface area contributed by atoms with Crippen LogP contribution in [0.25, 0.3) is 10.9 Å². The summed E-state index contributed by atoms with van der Waals surface area (Å²) in [6, 6.07) is 7.88. The molecular weight excluding hydrogens is 484 g/mol. The van der Waals surface area contributed by atoms with E-state index in [9.17, 15) is 14.4 Å². The first-order chi connectivity index (χ1) is 18.2. The van der Waals surface area contributed by atoms with E-state index < -0.39 is 11.9 Å². The number of benzene rings is 1. The maximum atomic E-state index is 12.6. The molecule has 2 fully saturated rings. The molecule has 2 N–H and O–H groups in total. The second kappa shape index (κ2) is 12.2. The van der Waals surface area contributed by atoms with E-state index in [1.54, 1.807) is 0 Å². The highest BCUT2D eigenvalue weighted by molar-refractivity contribution is 5.90. The molecule has 2 heterocycles. The van der Waals surface area contributed by atoms with Crippen molar-refractivity contribution in [2.75, 3.05) is 20.2 Å². The SMILES string of the molecule is CC(C)n1cc2c3c(cccc31)[C@H]1C[C@@H](COC(=O)C3CCCCC3)CN(C)[C@@H]1C2.O=C(O)/C=C\C(=O)O. The van der Waals surface area contributed by atoms with Gasteiger partial charge in [-0.1, -0.05) is 31.4 Å². The quantitative estimate of drug-likeness (QED) is 0.403. The van der Waals surface area contributed by atoms with E-state index >= 15 is 0 Å². The van der Waals surface area contributed by atoms with Crippen LogP contribution in [0.3, 0.4) is 0 Å². The number of carboxylic acid groups (broad SMARTS) is 2. The van der Waals surface area contributed by atoms with Gasteiger partial charge in [0, 0.05) is 59.7 Å². The summed E-state index contributed by atoms with van der Waals surface area (Å²) in [6.07, 6.45) is 11.4. The van der Waals surface area contributed by atoms with Gasteiger partial charge in [0.05, 0.1) is 12.5 Å². The summed E-state index contributed by atoms with van der Waals surface area (Å²) in [5.41, 5.74) is 4.39. The Morgan fingerprint density at radius 3 is 2.39 bits per heavy atom. The molecule has 0 spiro atoms. The lowest BCUT2D eigenvalue weighted by molar-refractivity contribution is -0.152. The Hall–Kier alpha value is -3.13. The molecule has 3 aliphatic rings. The zero-order valence-corrected chi connectivity index (χ0v) is 22.6. The number of hydrogen-bond donors (Lipinski definition) is 2. The Morgan fingerprint density at radius 2 is 1.76 bits per heavy atom. The molecule has 0 amide bonds. The third-order valence-corrected chi connectivity index (χ3v) is 8.29. The normalized spacial score (nSPS) is 23.6. The molecule has 0 radical (unpaired) electrons. The fourth-order valence-corrected chi connectivity index (χ4v) is 6.53. The molecule has 8 nitrogen and oxygen atoms in total. The number of likely N-dealkylation sites (N-methyl/N-ethyl adjacent to an activating group) is 1. The summed E-state index contributed by atoms with van der Waals surface area (Å²) < 4.78 is 8.30. The average molecular weight is 525 g/mol. The third kappa shape index (κ3) is 6.29. The van der Waals surface area contributed by atoms with Crippen LogP contribution in [0.2, 0.25) is 0 Å². The summed E-state index contributed by atoms with van der Waals surface area (Å²) in [7, 11) is 2.26. The second-order valence-corrected chi connectivity index (χ2v) is 11.3. The highest BCUT2D eigenvalue weighted by atomic mass is 16.5. The molecule has 2 aliphatic carbocycles. The van der Waals surface area contributed by atoms with Gasteiger partial charge >= 0.3 is 17.9 Å². The molecule has 5 rings (SSSR count). The summed E-state index contributed by atoms with van der Waals surface area (Å²) >= 11 is 0. The molecule has 1 saturated heterocycles. The molecule has 1 aromatic carbocycles. The van der Waals surface area contributed by atoms with Gasteiger partial charge in [-0.15, -0.1) is 0 Å². The molecule has 0 unspecified atom stereocenters. The van der Waals surface area contributed by atoms with Crippen molar-refractivity contribution < 1.29 is 29.3 Å². The number of likely N-dealkylation sites (tertiary alicyclic amines) is 1. The number of ether oxygens (including phenoxy) is 1. The smallest absolute Gasteiger partial charge is 0.328 e. The van der Waals surface area contributed by atoms with Gasteiger partial charge in [-0.25, -0.2) is 9.59 Å². The summed E-state index contributed by atoms with van der Waals surface area (Å²) in [4.78, 5) is 34.2. The van der Waals surface area contributed by atoms with E-state index in [1.165, 1.54) is 41.3 Å². The van der Waals surface area contributed by atoms with Crippen LogP contribution in [0.1, 0.15) is 75.5 Å². The molecule has 3 atom stereocenters. The molecule has 38 heavy (non-hydrogen) atoms. The Bertz CT molecular complexity index is 1180. The van der Waals surface area contributed by atoms with Crippen LogP contribution in [0.4, 0.5) is 0 Å². The molecule has 0 bridgehead atoms. The first kappa shape index (κ1) is 27.9. The maximum absolute atomic E-state index is 12.6. The first-order valence-electron chi connectivity index (χ1n) is 13.8. The Labute approximate surface area is 224 Å². The number of rotatable bonds is 6. The number of hydrogen-bond acceptors (Lipinski definition) is 5. The average Bonchev–Trinajstić information content (AvgIpc) is 3.28. The Morgan fingerprint density at radius 1 is 1.08 bits per heavy atom. The van der Waals surface area contributed by atoms with E-state index in [0.29, 0.717) is 42.7 Å². The van der Waals surface area contributed by atoms with Gasteiger partial charge in [0.1, 0.15) is 0 Å². The number of carboxylic acids is 2. The summed E-state index contributed by atoms with van der Waals surface area (Å²) in [6.45, 7) is 6.14. The predicted molar refractivity (Wildman–Crippen MR) is 145 cm³/mol. The lowest BCUT2D eigenvalue weighted by atomic mass is 9.72. The van der Waals surface area contributed by atoms with E-state index in [-0.39, 0.29) is 11.9 Å². The van der Waals surface area contributed by atoms with Crippen molar-refractivity contribution in [3.8, 4) is 0 Å². The van der Waals surface area contributed by atoms with Crippen molar-refractivity contribution in [2.24, 2.45) is 11.8 Å². The van der Waals surface area contributed by atoms with Crippen LogP contribution in [0.5, 0.6) is 0 Å². The number of nitrogens with zero attached hydrogens (tertiary/aromatic N) is 2. The second-order valence-electron chi connectivity index (χ2n) is 11.3. The van der Waals surface area contributed by atoms with Gasteiger partial charge in [-0.2, -0.15) is 0 Å². The maximum Gasteiger partial charge on any atom is 0.328 e. The molecule has 1 saturated carbocycles. The number of esters is 1. The van der Waals surface area contributed by atoms with Gasteiger partial charge in [-0.3, -0.25) is 4.79 Å². The molecule has 1 aromatic heterocycles. The summed E-state index contributed by atoms with van der Waals surface area (Å²) in [5.74, 6) is -1.36. The Balaban J connectivity index is 0.000000368. The topological polar surface area (TPSA) is 109 Å². The predicted octanol–water partition coefficient (Wildman–Crippen LogP) is 5.02. The van der Waals surface area contributed by atoms with Crippen LogP contribution in [0.15, 0.2) is 36.5 Å². The third-order valence-electron chi connectivity index (χ3n) is 8.29. The van der Waals surface area contributed by atoms with E-state index in [0.717, 1.165) is 32.2 Å². The fourth-order valence-electron chi connectivity index (χ4n) is 6.53. The number of carbonyl (C=O) groups is 3. The van der Waals surface area contributed by atoms with Crippen molar-refractivity contribution in [3.63, 3.8) is 0 Å². The minimum Gasteiger partial charge on any atom is -0.478 e. The highest BCUT2D eigenvalue weighted by Gasteiger charge is 2.40. The van der Waals surface area contributed by atoms with Gasteiger partial charge in [-0.05, 0) is 63.8 Å². The fraction of sp³-hybridized carbons (Fsp3) is 0.567. The number of fused-ring (bicyclic) bond motifs is 2.